The summed E-state index contributed by atoms with van der Waals surface area (Å²) >= 11 is 0. The smallest absolute Gasteiger partial charge is 0.312 e. The maximum absolute atomic E-state index is 12.8. The highest BCUT2D eigenvalue weighted by Crippen LogP contribution is 2.42. The zero-order chi connectivity index (χ0) is 18.1. The molecule has 0 amide bonds. The van der Waals surface area contributed by atoms with Gasteiger partial charge < -0.3 is 10.1 Å². The Morgan fingerprint density at radius 3 is 2.38 bits per heavy atom. The van der Waals surface area contributed by atoms with Crippen LogP contribution < -0.4 is 5.32 Å². The van der Waals surface area contributed by atoms with Crippen molar-refractivity contribution in [2.24, 2.45) is 5.92 Å². The molecule has 1 aromatic carbocycles. The summed E-state index contributed by atoms with van der Waals surface area (Å²) in [5, 5.41) is 17.4. The lowest BCUT2D eigenvalue weighted by atomic mass is 9.70. The molecular formula is C19H29N2O3. The Balaban J connectivity index is 2.32. The number of carbonyl (C=O) groups excluding carboxylic acids is 1. The summed E-state index contributed by atoms with van der Waals surface area (Å²) in [7, 11) is 1.38. The molecule has 0 bridgehead atoms. The van der Waals surface area contributed by atoms with Crippen molar-refractivity contribution in [2.45, 2.75) is 64.2 Å². The molecule has 133 valence electrons. The summed E-state index contributed by atoms with van der Waals surface area (Å²) in [6.45, 7) is 9.58. The highest BCUT2D eigenvalue weighted by molar-refractivity contribution is 5.75. The summed E-state index contributed by atoms with van der Waals surface area (Å²) in [6, 6.07) is 10.0. The van der Waals surface area contributed by atoms with Gasteiger partial charge in [-0.15, -0.1) is 10.3 Å². The molecule has 0 aromatic heterocycles. The van der Waals surface area contributed by atoms with Gasteiger partial charge in [-0.3, -0.25) is 4.79 Å². The minimum absolute atomic E-state index is 0.0770. The molecule has 1 radical (unpaired) electrons. The number of esters is 1. The molecule has 1 N–H and O–H groups in total. The quantitative estimate of drug-likeness (QED) is 0.860. The number of hydroxylamine groups is 2. The second-order valence-electron chi connectivity index (χ2n) is 7.87. The minimum atomic E-state index is -0.844. The van der Waals surface area contributed by atoms with Crippen molar-refractivity contribution in [3.63, 3.8) is 0 Å². The third-order valence-corrected chi connectivity index (χ3v) is 5.17. The lowest BCUT2D eigenvalue weighted by molar-refractivity contribution is -0.304. The van der Waals surface area contributed by atoms with Crippen molar-refractivity contribution >= 4 is 5.97 Å². The van der Waals surface area contributed by atoms with Crippen molar-refractivity contribution in [2.75, 3.05) is 7.11 Å². The van der Waals surface area contributed by atoms with Gasteiger partial charge in [0.1, 0.15) is 0 Å². The van der Waals surface area contributed by atoms with E-state index >= 15 is 0 Å². The molecule has 0 spiro atoms. The predicted octanol–water partition coefficient (Wildman–Crippen LogP) is 3.10. The molecule has 1 fully saturated rings. The van der Waals surface area contributed by atoms with Crippen LogP contribution in [0.1, 0.15) is 52.6 Å². The Labute approximate surface area is 145 Å². The van der Waals surface area contributed by atoms with Crippen LogP contribution in [-0.2, 0) is 14.7 Å². The van der Waals surface area contributed by atoms with Gasteiger partial charge in [-0.25, -0.2) is 0 Å². The minimum Gasteiger partial charge on any atom is -0.469 e. The lowest BCUT2D eigenvalue weighted by Crippen LogP contribution is -2.69. The monoisotopic (exact) mass is 333 g/mol. The normalized spacial score (nSPS) is 27.5. The van der Waals surface area contributed by atoms with Gasteiger partial charge >= 0.3 is 5.97 Å². The first-order valence-electron chi connectivity index (χ1n) is 8.47. The highest BCUT2D eigenvalue weighted by Gasteiger charge is 2.56. The largest absolute Gasteiger partial charge is 0.469 e. The molecule has 0 unspecified atom stereocenters. The van der Waals surface area contributed by atoms with Crippen LogP contribution in [0.2, 0.25) is 0 Å². The number of benzene rings is 1. The van der Waals surface area contributed by atoms with Gasteiger partial charge in [0.05, 0.1) is 18.6 Å². The van der Waals surface area contributed by atoms with Crippen molar-refractivity contribution in [3.05, 3.63) is 35.9 Å². The second kappa shape index (κ2) is 6.82. The number of rotatable bonds is 4. The first-order valence-corrected chi connectivity index (χ1v) is 8.47. The average molecular weight is 333 g/mol. The maximum Gasteiger partial charge on any atom is 0.312 e. The topological polar surface area (TPSA) is 61.5 Å². The number of methoxy groups -OCH3 is 1. The molecule has 0 saturated carbocycles. The fourth-order valence-corrected chi connectivity index (χ4v) is 4.03. The fraction of sp³-hybridized carbons (Fsp3) is 0.632. The molecule has 1 aliphatic heterocycles. The van der Waals surface area contributed by atoms with Crippen molar-refractivity contribution in [1.29, 1.82) is 0 Å². The lowest BCUT2D eigenvalue weighted by Gasteiger charge is -2.54. The molecular weight excluding hydrogens is 304 g/mol. The third-order valence-electron chi connectivity index (χ3n) is 5.17. The van der Waals surface area contributed by atoms with Crippen LogP contribution in [0.15, 0.2) is 30.3 Å². The number of piperidine rings is 1. The van der Waals surface area contributed by atoms with E-state index in [4.69, 9.17) is 4.74 Å². The van der Waals surface area contributed by atoms with Crippen LogP contribution in [0.25, 0.3) is 0 Å². The molecule has 24 heavy (non-hydrogen) atoms. The Kier molecular flexibility index (Phi) is 5.37. The standard InChI is InChI=1S/C19H29N2O3/c1-13(14-10-8-7-9-11-14)20-15-12-18(2,3)21(23)19(4,5)16(15)17(22)24-6/h7-11,13,15-16,20H,12H2,1-6H3/t13-,15+,16+/m0/s1. The van der Waals surface area contributed by atoms with Crippen molar-refractivity contribution < 1.29 is 14.7 Å². The molecule has 1 saturated heterocycles. The van der Waals surface area contributed by atoms with E-state index in [9.17, 15) is 10.0 Å². The van der Waals surface area contributed by atoms with Crippen LogP contribution >= 0.6 is 0 Å². The molecule has 2 rings (SSSR count). The summed E-state index contributed by atoms with van der Waals surface area (Å²) in [6.07, 6.45) is 0.580. The van der Waals surface area contributed by atoms with Crippen molar-refractivity contribution in [1.82, 2.24) is 10.4 Å². The Morgan fingerprint density at radius 1 is 1.25 bits per heavy atom. The van der Waals surface area contributed by atoms with Gasteiger partial charge in [0.2, 0.25) is 0 Å². The highest BCUT2D eigenvalue weighted by atomic mass is 16.5. The molecule has 3 atom stereocenters. The van der Waals surface area contributed by atoms with Gasteiger partial charge in [-0.1, -0.05) is 30.3 Å². The zero-order valence-electron chi connectivity index (χ0n) is 15.5. The number of carbonyl (C=O) groups is 1. The average Bonchev–Trinajstić information content (AvgIpc) is 2.53. The summed E-state index contributed by atoms with van der Waals surface area (Å²) < 4.78 is 5.01. The second-order valence-corrected chi connectivity index (χ2v) is 7.87. The molecule has 1 aliphatic rings. The molecule has 0 aliphatic carbocycles. The molecule has 1 aromatic rings. The zero-order valence-corrected chi connectivity index (χ0v) is 15.5. The van der Waals surface area contributed by atoms with E-state index in [2.05, 4.69) is 24.4 Å². The molecule has 5 heteroatoms. The number of hydrogen-bond donors (Lipinski definition) is 1. The predicted molar refractivity (Wildman–Crippen MR) is 92.6 cm³/mol. The van der Waals surface area contributed by atoms with Crippen molar-refractivity contribution in [3.8, 4) is 0 Å². The summed E-state index contributed by atoms with van der Waals surface area (Å²) in [5.74, 6) is -0.867. The molecule has 1 heterocycles. The van der Waals surface area contributed by atoms with Gasteiger partial charge in [0, 0.05) is 17.6 Å². The van der Waals surface area contributed by atoms with E-state index in [0.29, 0.717) is 6.42 Å². The summed E-state index contributed by atoms with van der Waals surface area (Å²) in [4.78, 5) is 12.4. The van der Waals surface area contributed by atoms with E-state index in [-0.39, 0.29) is 18.1 Å². The fourth-order valence-electron chi connectivity index (χ4n) is 4.03. The van der Waals surface area contributed by atoms with Gasteiger partial charge in [-0.05, 0) is 46.6 Å². The number of nitrogens with one attached hydrogen (secondary N) is 1. The van der Waals surface area contributed by atoms with Gasteiger partial charge in [-0.2, -0.15) is 0 Å². The number of nitrogens with zero attached hydrogens (tertiary/aromatic N) is 1. The first-order chi connectivity index (χ1) is 11.1. The van der Waals surface area contributed by atoms with E-state index in [0.717, 1.165) is 10.6 Å². The van der Waals surface area contributed by atoms with Crippen LogP contribution in [0.4, 0.5) is 0 Å². The van der Waals surface area contributed by atoms with E-state index in [1.165, 1.54) is 7.11 Å². The first kappa shape index (κ1) is 18.9. The Hall–Kier alpha value is -1.43. The number of hydrogen-bond acceptors (Lipinski definition) is 4. The van der Waals surface area contributed by atoms with E-state index in [1.807, 2.05) is 45.9 Å². The van der Waals surface area contributed by atoms with Gasteiger partial charge in [0.15, 0.2) is 0 Å². The van der Waals surface area contributed by atoms with Crippen LogP contribution in [0.3, 0.4) is 0 Å². The Bertz CT molecular complexity index is 571. The SMILES string of the molecule is COC(=O)[C@H]1[C@H](N[C@@H](C)c2ccccc2)CC(C)(C)N([O])C1(C)C. The van der Waals surface area contributed by atoms with E-state index < -0.39 is 17.0 Å². The summed E-state index contributed by atoms with van der Waals surface area (Å²) in [5.41, 5.74) is -0.244. The maximum atomic E-state index is 12.8. The third kappa shape index (κ3) is 3.48. The van der Waals surface area contributed by atoms with E-state index in [1.54, 1.807) is 0 Å². The molecule has 5 nitrogen and oxygen atoms in total. The Morgan fingerprint density at radius 2 is 1.83 bits per heavy atom. The van der Waals surface area contributed by atoms with Crippen LogP contribution in [-0.4, -0.2) is 35.3 Å². The van der Waals surface area contributed by atoms with Crippen LogP contribution in [0, 0.1) is 5.92 Å². The van der Waals surface area contributed by atoms with Crippen LogP contribution in [0.5, 0.6) is 0 Å². The van der Waals surface area contributed by atoms with Gasteiger partial charge in [0.25, 0.3) is 0 Å². The number of ether oxygens (including phenoxy) is 1.